The molecular formula is C14H18Cl2N2O2. The van der Waals surface area contributed by atoms with Gasteiger partial charge in [-0.2, -0.15) is 0 Å². The minimum atomic E-state index is -0.242. The van der Waals surface area contributed by atoms with E-state index in [0.717, 1.165) is 18.4 Å². The molecule has 4 nitrogen and oxygen atoms in total. The summed E-state index contributed by atoms with van der Waals surface area (Å²) >= 11 is 12.1. The van der Waals surface area contributed by atoms with Crippen LogP contribution < -0.4 is 5.32 Å². The molecule has 0 aromatic heterocycles. The fraction of sp³-hybridized carbons (Fsp3) is 0.500. The van der Waals surface area contributed by atoms with Crippen molar-refractivity contribution in [2.75, 3.05) is 13.2 Å². The summed E-state index contributed by atoms with van der Waals surface area (Å²) < 4.78 is 0. The van der Waals surface area contributed by atoms with Crippen molar-refractivity contribution < 1.29 is 9.90 Å². The lowest BCUT2D eigenvalue weighted by atomic mass is 10.1. The lowest BCUT2D eigenvalue weighted by Gasteiger charge is -2.26. The van der Waals surface area contributed by atoms with Crippen LogP contribution >= 0.6 is 23.2 Å². The highest BCUT2D eigenvalue weighted by Crippen LogP contribution is 2.30. The zero-order chi connectivity index (χ0) is 14.7. The number of hydrogen-bond donors (Lipinski definition) is 2. The molecule has 0 spiro atoms. The molecule has 20 heavy (non-hydrogen) atoms. The second-order valence-electron chi connectivity index (χ2n) is 4.99. The topological polar surface area (TPSA) is 52.6 Å². The van der Waals surface area contributed by atoms with Crippen molar-refractivity contribution in [1.82, 2.24) is 10.2 Å². The highest BCUT2D eigenvalue weighted by atomic mass is 35.5. The molecule has 2 atom stereocenters. The highest BCUT2D eigenvalue weighted by Gasteiger charge is 2.29. The van der Waals surface area contributed by atoms with Gasteiger partial charge in [0.1, 0.15) is 0 Å². The van der Waals surface area contributed by atoms with Crippen LogP contribution in [-0.2, 0) is 0 Å². The second-order valence-corrected chi connectivity index (χ2v) is 5.77. The standard InChI is InChI=1S/C14H18Cl2N2O2/c1-9(11-5-2-6-12(15)13(11)16)17-14(20)18-7-3-4-10(18)8-19/h2,5-6,9-10,19H,3-4,7-8H2,1H3,(H,17,20). The fourth-order valence-corrected chi connectivity index (χ4v) is 2.97. The number of carbonyl (C=O) groups is 1. The monoisotopic (exact) mass is 316 g/mol. The molecule has 1 aromatic carbocycles. The van der Waals surface area contributed by atoms with Crippen molar-refractivity contribution in [1.29, 1.82) is 0 Å². The van der Waals surface area contributed by atoms with Crippen molar-refractivity contribution in [3.05, 3.63) is 33.8 Å². The number of likely N-dealkylation sites (tertiary alicyclic amines) is 1. The van der Waals surface area contributed by atoms with Gasteiger partial charge in [-0.3, -0.25) is 0 Å². The highest BCUT2D eigenvalue weighted by molar-refractivity contribution is 6.42. The van der Waals surface area contributed by atoms with E-state index in [0.29, 0.717) is 16.6 Å². The molecule has 6 heteroatoms. The third-order valence-corrected chi connectivity index (χ3v) is 4.47. The summed E-state index contributed by atoms with van der Waals surface area (Å²) in [7, 11) is 0. The number of carbonyl (C=O) groups excluding carboxylic acids is 1. The minimum Gasteiger partial charge on any atom is -0.394 e. The number of nitrogens with one attached hydrogen (secondary N) is 1. The smallest absolute Gasteiger partial charge is 0.318 e. The first-order valence-electron chi connectivity index (χ1n) is 6.66. The van der Waals surface area contributed by atoms with Gasteiger partial charge in [-0.15, -0.1) is 0 Å². The Morgan fingerprint density at radius 3 is 3.00 bits per heavy atom. The zero-order valence-electron chi connectivity index (χ0n) is 11.3. The molecule has 2 rings (SSSR count). The van der Waals surface area contributed by atoms with E-state index in [4.69, 9.17) is 23.2 Å². The van der Waals surface area contributed by atoms with Gasteiger partial charge in [0.2, 0.25) is 0 Å². The Morgan fingerprint density at radius 1 is 1.55 bits per heavy atom. The van der Waals surface area contributed by atoms with E-state index in [2.05, 4.69) is 5.32 Å². The van der Waals surface area contributed by atoms with Crippen LogP contribution in [0.1, 0.15) is 31.4 Å². The summed E-state index contributed by atoms with van der Waals surface area (Å²) in [4.78, 5) is 13.9. The summed E-state index contributed by atoms with van der Waals surface area (Å²) in [5.41, 5.74) is 0.785. The third-order valence-electron chi connectivity index (χ3n) is 3.64. The largest absolute Gasteiger partial charge is 0.394 e. The number of benzene rings is 1. The van der Waals surface area contributed by atoms with Crippen molar-refractivity contribution in [3.63, 3.8) is 0 Å². The Labute approximate surface area is 128 Å². The van der Waals surface area contributed by atoms with Crippen LogP contribution in [0.4, 0.5) is 4.79 Å². The fourth-order valence-electron chi connectivity index (χ4n) is 2.49. The first-order chi connectivity index (χ1) is 9.54. The molecule has 0 bridgehead atoms. The van der Waals surface area contributed by atoms with Gasteiger partial charge in [0, 0.05) is 6.54 Å². The predicted octanol–water partition coefficient (Wildman–Crippen LogP) is 3.22. The third kappa shape index (κ3) is 3.19. The molecular weight excluding hydrogens is 299 g/mol. The molecule has 2 N–H and O–H groups in total. The first-order valence-corrected chi connectivity index (χ1v) is 7.42. The Kier molecular flexibility index (Phi) is 5.13. The van der Waals surface area contributed by atoms with Gasteiger partial charge in [-0.1, -0.05) is 35.3 Å². The molecule has 2 amide bonds. The molecule has 1 aliphatic rings. The number of rotatable bonds is 3. The van der Waals surface area contributed by atoms with Crippen molar-refractivity contribution in [2.24, 2.45) is 0 Å². The van der Waals surface area contributed by atoms with E-state index in [1.807, 2.05) is 13.0 Å². The van der Waals surface area contributed by atoms with E-state index in [1.54, 1.807) is 17.0 Å². The maximum absolute atomic E-state index is 12.2. The minimum absolute atomic E-state index is 0.000276. The molecule has 1 heterocycles. The van der Waals surface area contributed by atoms with Crippen LogP contribution in [0, 0.1) is 0 Å². The van der Waals surface area contributed by atoms with E-state index in [9.17, 15) is 9.90 Å². The lowest BCUT2D eigenvalue weighted by Crippen LogP contribution is -2.44. The quantitative estimate of drug-likeness (QED) is 0.899. The van der Waals surface area contributed by atoms with Gasteiger partial charge in [0.05, 0.1) is 28.7 Å². The predicted molar refractivity (Wildman–Crippen MR) is 80.2 cm³/mol. The van der Waals surface area contributed by atoms with Crippen LogP contribution in [0.15, 0.2) is 18.2 Å². The zero-order valence-corrected chi connectivity index (χ0v) is 12.8. The van der Waals surface area contributed by atoms with Crippen molar-refractivity contribution in [2.45, 2.75) is 31.8 Å². The van der Waals surface area contributed by atoms with Crippen molar-refractivity contribution >= 4 is 29.2 Å². The lowest BCUT2D eigenvalue weighted by molar-refractivity contribution is 0.155. The number of nitrogens with zero attached hydrogens (tertiary/aromatic N) is 1. The molecule has 1 fully saturated rings. The maximum Gasteiger partial charge on any atom is 0.318 e. The molecule has 0 aliphatic carbocycles. The Bertz CT molecular complexity index is 496. The van der Waals surface area contributed by atoms with Crippen LogP contribution in [0.5, 0.6) is 0 Å². The van der Waals surface area contributed by atoms with E-state index in [1.165, 1.54) is 0 Å². The number of hydrogen-bond acceptors (Lipinski definition) is 2. The summed E-state index contributed by atoms with van der Waals surface area (Å²) in [5.74, 6) is 0. The summed E-state index contributed by atoms with van der Waals surface area (Å²) in [5, 5.41) is 13.1. The van der Waals surface area contributed by atoms with Crippen LogP contribution in [0.3, 0.4) is 0 Å². The maximum atomic E-state index is 12.2. The molecule has 2 unspecified atom stereocenters. The summed E-state index contributed by atoms with van der Waals surface area (Å²) in [6.07, 6.45) is 1.77. The molecule has 1 aliphatic heterocycles. The molecule has 110 valence electrons. The van der Waals surface area contributed by atoms with Gasteiger partial charge >= 0.3 is 6.03 Å². The van der Waals surface area contributed by atoms with Gasteiger partial charge in [-0.25, -0.2) is 4.79 Å². The van der Waals surface area contributed by atoms with Gasteiger partial charge in [-0.05, 0) is 31.4 Å². The van der Waals surface area contributed by atoms with Crippen LogP contribution in [0.25, 0.3) is 0 Å². The Morgan fingerprint density at radius 2 is 2.30 bits per heavy atom. The number of urea groups is 1. The average Bonchev–Trinajstić information content (AvgIpc) is 2.90. The molecule has 1 aromatic rings. The van der Waals surface area contributed by atoms with Crippen molar-refractivity contribution in [3.8, 4) is 0 Å². The van der Waals surface area contributed by atoms with E-state index < -0.39 is 0 Å². The normalized spacial score (nSPS) is 20.0. The Balaban J connectivity index is 2.05. The molecule has 0 saturated carbocycles. The first kappa shape index (κ1) is 15.4. The van der Waals surface area contributed by atoms with Gasteiger partial charge < -0.3 is 15.3 Å². The Hall–Kier alpha value is -0.970. The molecule has 0 radical (unpaired) electrons. The average molecular weight is 317 g/mol. The SMILES string of the molecule is CC(NC(=O)N1CCCC1CO)c1cccc(Cl)c1Cl. The van der Waals surface area contributed by atoms with Crippen LogP contribution in [0.2, 0.25) is 10.0 Å². The molecule has 1 saturated heterocycles. The number of halogens is 2. The number of aliphatic hydroxyl groups excluding tert-OH is 1. The van der Waals surface area contributed by atoms with Crippen LogP contribution in [-0.4, -0.2) is 35.2 Å². The van der Waals surface area contributed by atoms with E-state index >= 15 is 0 Å². The van der Waals surface area contributed by atoms with E-state index in [-0.39, 0.29) is 24.7 Å². The number of amides is 2. The van der Waals surface area contributed by atoms with Gasteiger partial charge in [0.15, 0.2) is 0 Å². The second kappa shape index (κ2) is 6.66. The summed E-state index contributed by atoms with van der Waals surface area (Å²) in [6, 6.07) is 4.85. The number of aliphatic hydroxyl groups is 1. The van der Waals surface area contributed by atoms with Gasteiger partial charge in [0.25, 0.3) is 0 Å². The summed E-state index contributed by atoms with van der Waals surface area (Å²) in [6.45, 7) is 2.53.